The highest BCUT2D eigenvalue weighted by atomic mass is 16.5. The Morgan fingerprint density at radius 3 is 2.81 bits per heavy atom. The molecule has 0 bridgehead atoms. The molecule has 0 N–H and O–H groups in total. The highest BCUT2D eigenvalue weighted by molar-refractivity contribution is 5.47. The Labute approximate surface area is 96.9 Å². The summed E-state index contributed by atoms with van der Waals surface area (Å²) in [5.74, 6) is 0.856. The van der Waals surface area contributed by atoms with Gasteiger partial charge in [-0.05, 0) is 37.5 Å². The number of hydrogen-bond donors (Lipinski definition) is 0. The number of ether oxygens (including phenoxy) is 1. The summed E-state index contributed by atoms with van der Waals surface area (Å²) in [6, 6.07) is 7.64. The first-order valence-corrected chi connectivity index (χ1v) is 5.70. The van der Waals surface area contributed by atoms with Gasteiger partial charge in [-0.3, -0.25) is 0 Å². The Kier molecular flexibility index (Phi) is 2.87. The number of nitriles is 1. The van der Waals surface area contributed by atoms with Crippen LogP contribution in [-0.2, 0) is 0 Å². The second kappa shape index (κ2) is 4.17. The van der Waals surface area contributed by atoms with Crippen molar-refractivity contribution in [2.45, 2.75) is 38.7 Å². The number of rotatable bonds is 2. The Bertz CT molecular complexity index is 427. The summed E-state index contributed by atoms with van der Waals surface area (Å²) in [6.45, 7) is 4.28. The summed E-state index contributed by atoms with van der Waals surface area (Å²) in [7, 11) is 0. The smallest absolute Gasteiger partial charge is 0.124 e. The van der Waals surface area contributed by atoms with E-state index < -0.39 is 0 Å². The Morgan fingerprint density at radius 2 is 2.19 bits per heavy atom. The first-order valence-electron chi connectivity index (χ1n) is 5.70. The van der Waals surface area contributed by atoms with Gasteiger partial charge in [0.25, 0.3) is 0 Å². The number of nitrogens with zero attached hydrogens (tertiary/aromatic N) is 1. The molecule has 0 atom stereocenters. The van der Waals surface area contributed by atoms with Crippen LogP contribution in [0.3, 0.4) is 0 Å². The average molecular weight is 213 g/mol. The normalized spacial score (nSPS) is 17.1. The quantitative estimate of drug-likeness (QED) is 0.755. The Morgan fingerprint density at radius 1 is 1.44 bits per heavy atom. The van der Waals surface area contributed by atoms with E-state index in [2.05, 4.69) is 26.3 Å². The summed E-state index contributed by atoms with van der Waals surface area (Å²) in [4.78, 5) is 0. The van der Waals surface area contributed by atoms with Crippen molar-refractivity contribution in [2.75, 3.05) is 0 Å². The first-order chi connectivity index (χ1) is 7.73. The topological polar surface area (TPSA) is 33.0 Å². The highest BCUT2D eigenvalue weighted by Crippen LogP contribution is 2.38. The summed E-state index contributed by atoms with van der Waals surface area (Å²) in [5.41, 5.74) is 1.49. The molecular formula is C14H15NO. The lowest BCUT2D eigenvalue weighted by molar-refractivity contribution is 0.0509. The predicted octanol–water partition coefficient (Wildman–Crippen LogP) is 3.33. The minimum Gasteiger partial charge on any atom is -0.487 e. The Hall–Kier alpha value is -1.49. The minimum atomic E-state index is -0.0961. The molecule has 1 heterocycles. The maximum absolute atomic E-state index is 8.82. The van der Waals surface area contributed by atoms with Crippen LogP contribution in [0.5, 0.6) is 5.75 Å². The van der Waals surface area contributed by atoms with Crippen molar-refractivity contribution in [3.05, 3.63) is 35.7 Å². The van der Waals surface area contributed by atoms with Gasteiger partial charge in [0.15, 0.2) is 0 Å². The molecule has 2 rings (SSSR count). The zero-order chi connectivity index (χ0) is 11.6. The van der Waals surface area contributed by atoms with E-state index in [0.717, 1.165) is 30.6 Å². The van der Waals surface area contributed by atoms with Gasteiger partial charge in [0.1, 0.15) is 11.4 Å². The molecule has 0 spiro atoms. The van der Waals surface area contributed by atoms with Gasteiger partial charge in [0.05, 0.1) is 11.6 Å². The van der Waals surface area contributed by atoms with Crippen LogP contribution < -0.4 is 4.74 Å². The van der Waals surface area contributed by atoms with Crippen LogP contribution in [0.25, 0.3) is 0 Å². The maximum Gasteiger partial charge on any atom is 0.124 e. The van der Waals surface area contributed by atoms with Gasteiger partial charge in [-0.2, -0.15) is 5.26 Å². The van der Waals surface area contributed by atoms with Gasteiger partial charge in [0, 0.05) is 12.0 Å². The SMILES string of the molecule is CCC1(CC)C[C]c2cc(C#N)ccc2O1. The highest BCUT2D eigenvalue weighted by Gasteiger charge is 2.33. The van der Waals surface area contributed by atoms with Crippen molar-refractivity contribution in [1.82, 2.24) is 0 Å². The molecule has 2 nitrogen and oxygen atoms in total. The molecule has 1 aliphatic heterocycles. The lowest BCUT2D eigenvalue weighted by Gasteiger charge is -2.37. The van der Waals surface area contributed by atoms with E-state index in [1.54, 1.807) is 6.07 Å². The van der Waals surface area contributed by atoms with Crippen LogP contribution >= 0.6 is 0 Å². The van der Waals surface area contributed by atoms with Crippen molar-refractivity contribution in [3.8, 4) is 11.8 Å². The molecule has 0 saturated heterocycles. The van der Waals surface area contributed by atoms with Crippen LogP contribution in [0, 0.1) is 17.8 Å². The Balaban J connectivity index is 2.32. The summed E-state index contributed by atoms with van der Waals surface area (Å²) < 4.78 is 6.05. The van der Waals surface area contributed by atoms with Crippen molar-refractivity contribution >= 4 is 0 Å². The molecule has 0 fully saturated rings. The van der Waals surface area contributed by atoms with E-state index in [9.17, 15) is 0 Å². The molecule has 1 aromatic carbocycles. The molecule has 2 radical (unpaired) electrons. The fourth-order valence-electron chi connectivity index (χ4n) is 2.00. The third kappa shape index (κ3) is 1.78. The zero-order valence-corrected chi connectivity index (χ0v) is 9.71. The van der Waals surface area contributed by atoms with E-state index in [-0.39, 0.29) is 5.60 Å². The molecular weight excluding hydrogens is 198 g/mol. The predicted molar refractivity (Wildman–Crippen MR) is 62.1 cm³/mol. The van der Waals surface area contributed by atoms with Gasteiger partial charge in [-0.1, -0.05) is 13.8 Å². The van der Waals surface area contributed by atoms with E-state index in [1.165, 1.54) is 0 Å². The second-order valence-electron chi connectivity index (χ2n) is 4.17. The summed E-state index contributed by atoms with van der Waals surface area (Å²) in [6.07, 6.45) is 6.13. The fourth-order valence-corrected chi connectivity index (χ4v) is 2.00. The molecule has 0 unspecified atom stereocenters. The maximum atomic E-state index is 8.82. The van der Waals surface area contributed by atoms with Crippen LogP contribution in [-0.4, -0.2) is 5.60 Å². The monoisotopic (exact) mass is 213 g/mol. The first kappa shape index (κ1) is 11.0. The average Bonchev–Trinajstić information content (AvgIpc) is 2.37. The third-order valence-electron chi connectivity index (χ3n) is 3.32. The molecule has 0 amide bonds. The van der Waals surface area contributed by atoms with E-state index in [4.69, 9.17) is 10.00 Å². The molecule has 1 aromatic rings. The molecule has 0 aromatic heterocycles. The molecule has 1 aliphatic rings. The largest absolute Gasteiger partial charge is 0.487 e. The third-order valence-corrected chi connectivity index (χ3v) is 3.32. The van der Waals surface area contributed by atoms with E-state index in [0.29, 0.717) is 5.56 Å². The standard InChI is InChI=1S/C14H15NO/c1-3-14(4-2)8-7-12-9-11(10-15)5-6-13(12)16-14/h5-6,9H,3-4,8H2,1-2H3. The summed E-state index contributed by atoms with van der Waals surface area (Å²) in [5, 5.41) is 8.82. The van der Waals surface area contributed by atoms with E-state index >= 15 is 0 Å². The van der Waals surface area contributed by atoms with E-state index in [1.807, 2.05) is 12.1 Å². The molecule has 0 saturated carbocycles. The van der Waals surface area contributed by atoms with Gasteiger partial charge < -0.3 is 4.74 Å². The lowest BCUT2D eigenvalue weighted by atomic mass is 9.86. The number of fused-ring (bicyclic) bond motifs is 1. The second-order valence-corrected chi connectivity index (χ2v) is 4.17. The van der Waals surface area contributed by atoms with Crippen LogP contribution in [0.1, 0.15) is 44.2 Å². The lowest BCUT2D eigenvalue weighted by Crippen LogP contribution is -2.37. The fraction of sp³-hybridized carbons (Fsp3) is 0.429. The zero-order valence-electron chi connectivity index (χ0n) is 9.71. The van der Waals surface area contributed by atoms with Crippen molar-refractivity contribution in [3.63, 3.8) is 0 Å². The van der Waals surface area contributed by atoms with Crippen LogP contribution in [0.2, 0.25) is 0 Å². The summed E-state index contributed by atoms with van der Waals surface area (Å²) >= 11 is 0. The van der Waals surface area contributed by atoms with Crippen molar-refractivity contribution in [1.29, 1.82) is 5.26 Å². The number of benzene rings is 1. The van der Waals surface area contributed by atoms with Crippen LogP contribution in [0.4, 0.5) is 0 Å². The van der Waals surface area contributed by atoms with Gasteiger partial charge in [-0.25, -0.2) is 0 Å². The van der Waals surface area contributed by atoms with Gasteiger partial charge in [0.2, 0.25) is 0 Å². The minimum absolute atomic E-state index is 0.0961. The van der Waals surface area contributed by atoms with Gasteiger partial charge >= 0.3 is 0 Å². The number of hydrogen-bond acceptors (Lipinski definition) is 2. The molecule has 82 valence electrons. The van der Waals surface area contributed by atoms with Gasteiger partial charge in [-0.15, -0.1) is 0 Å². The van der Waals surface area contributed by atoms with Crippen molar-refractivity contribution in [2.24, 2.45) is 0 Å². The van der Waals surface area contributed by atoms with Crippen molar-refractivity contribution < 1.29 is 4.74 Å². The molecule has 2 heteroatoms. The molecule has 16 heavy (non-hydrogen) atoms. The van der Waals surface area contributed by atoms with Crippen LogP contribution in [0.15, 0.2) is 18.2 Å². The molecule has 0 aliphatic carbocycles.